The second-order valence-corrected chi connectivity index (χ2v) is 10.0. The van der Waals surface area contributed by atoms with Crippen molar-refractivity contribution in [2.45, 2.75) is 89.9 Å². The minimum absolute atomic E-state index is 0. The normalized spacial score (nSPS) is 25.1. The minimum atomic E-state index is 0. The van der Waals surface area contributed by atoms with Gasteiger partial charge in [0.05, 0.1) is 0 Å². The molecule has 2 aromatic rings. The number of phenols is 2. The molecular weight excluding hydrogens is 424 g/mol. The lowest BCUT2D eigenvalue weighted by atomic mass is 9.91. The van der Waals surface area contributed by atoms with E-state index in [-0.39, 0.29) is 7.43 Å². The Balaban J connectivity index is 0.000000234. The molecule has 2 aliphatic carbocycles. The number of hydrogen-bond acceptors (Lipinski definition) is 4. The Morgan fingerprint density at radius 1 is 0.559 bits per heavy atom. The third-order valence-corrected chi connectivity index (χ3v) is 7.70. The van der Waals surface area contributed by atoms with Crippen LogP contribution in [0.2, 0.25) is 0 Å². The molecule has 4 nitrogen and oxygen atoms in total. The summed E-state index contributed by atoms with van der Waals surface area (Å²) in [7, 11) is 0. The van der Waals surface area contributed by atoms with E-state index >= 15 is 0 Å². The summed E-state index contributed by atoms with van der Waals surface area (Å²) in [5, 5.41) is 36.7. The molecule has 190 valence electrons. The fraction of sp³-hybridized carbons (Fsp3) is 0.600. The Kier molecular flexibility index (Phi) is 12.5. The molecule has 0 saturated heterocycles. The lowest BCUT2D eigenvalue weighted by molar-refractivity contribution is 0.212. The molecule has 0 aromatic heterocycles. The monoisotopic (exact) mass is 470 g/mol. The van der Waals surface area contributed by atoms with Gasteiger partial charge in [-0.1, -0.05) is 51.0 Å². The summed E-state index contributed by atoms with van der Waals surface area (Å²) in [6, 6.07) is 15.3. The highest BCUT2D eigenvalue weighted by atomic mass is 16.3. The van der Waals surface area contributed by atoms with Crippen LogP contribution in [0.5, 0.6) is 11.5 Å². The van der Waals surface area contributed by atoms with Crippen LogP contribution in [0.3, 0.4) is 0 Å². The number of hydrogen-bond donors (Lipinski definition) is 4. The van der Waals surface area contributed by atoms with Gasteiger partial charge in [-0.3, -0.25) is 0 Å². The summed E-state index contributed by atoms with van der Waals surface area (Å²) in [5.41, 5.74) is 2.68. The van der Waals surface area contributed by atoms with Gasteiger partial charge in [-0.25, -0.2) is 0 Å². The van der Waals surface area contributed by atoms with E-state index in [1.807, 2.05) is 24.3 Å². The summed E-state index contributed by atoms with van der Waals surface area (Å²) in [6.07, 6.45) is 13.0. The average molecular weight is 471 g/mol. The zero-order valence-electron chi connectivity index (χ0n) is 19.9. The predicted molar refractivity (Wildman–Crippen MR) is 140 cm³/mol. The maximum atomic E-state index is 9.29. The van der Waals surface area contributed by atoms with E-state index in [0.29, 0.717) is 48.4 Å². The zero-order valence-corrected chi connectivity index (χ0v) is 19.9. The minimum Gasteiger partial charge on any atom is -0.508 e. The van der Waals surface area contributed by atoms with E-state index in [9.17, 15) is 15.3 Å². The van der Waals surface area contributed by atoms with Gasteiger partial charge in [-0.2, -0.15) is 0 Å². The number of aromatic hydroxyl groups is 2. The third-order valence-electron chi connectivity index (χ3n) is 7.70. The molecule has 4 rings (SSSR count). The fourth-order valence-corrected chi connectivity index (χ4v) is 5.57. The van der Waals surface area contributed by atoms with Crippen LogP contribution < -0.4 is 0 Å². The van der Waals surface area contributed by atoms with Crippen LogP contribution in [0.4, 0.5) is 0 Å². The lowest BCUT2D eigenvalue weighted by Gasteiger charge is -2.15. The molecule has 0 aliphatic heterocycles. The summed E-state index contributed by atoms with van der Waals surface area (Å²) in [4.78, 5) is 0. The molecule has 0 amide bonds. The molecule has 2 fully saturated rings. The maximum absolute atomic E-state index is 9.29. The van der Waals surface area contributed by atoms with Crippen molar-refractivity contribution in [1.29, 1.82) is 0 Å². The quantitative estimate of drug-likeness (QED) is 0.351. The molecule has 4 heteroatoms. The summed E-state index contributed by atoms with van der Waals surface area (Å²) in [6.45, 7) is 0.664. The molecule has 2 aromatic carbocycles. The average Bonchev–Trinajstić information content (AvgIpc) is 3.22. The van der Waals surface area contributed by atoms with Gasteiger partial charge in [0.2, 0.25) is 0 Å². The fourth-order valence-electron chi connectivity index (χ4n) is 5.57. The molecule has 4 atom stereocenters. The van der Waals surface area contributed by atoms with Crippen molar-refractivity contribution in [1.82, 2.24) is 0 Å². The number of rotatable bonds is 5. The molecular formula is C30H46O4. The molecule has 0 radical (unpaired) electrons. The van der Waals surface area contributed by atoms with Crippen LogP contribution in [0.25, 0.3) is 0 Å². The van der Waals surface area contributed by atoms with Crippen LogP contribution in [-0.4, -0.2) is 33.6 Å². The lowest BCUT2D eigenvalue weighted by Crippen LogP contribution is -2.04. The van der Waals surface area contributed by atoms with Crippen molar-refractivity contribution in [3.05, 3.63) is 59.7 Å². The van der Waals surface area contributed by atoms with Gasteiger partial charge in [0, 0.05) is 13.2 Å². The number of phenolic OH excluding ortho intramolecular Hbond substituents is 2. The van der Waals surface area contributed by atoms with Gasteiger partial charge in [0.1, 0.15) is 11.5 Å². The Bertz CT molecular complexity index is 786. The van der Waals surface area contributed by atoms with E-state index in [1.54, 1.807) is 24.3 Å². The molecule has 0 bridgehead atoms. The van der Waals surface area contributed by atoms with E-state index in [4.69, 9.17) is 5.11 Å². The first-order valence-electron chi connectivity index (χ1n) is 12.9. The Morgan fingerprint density at radius 3 is 1.44 bits per heavy atom. The van der Waals surface area contributed by atoms with Crippen molar-refractivity contribution in [3.8, 4) is 11.5 Å². The highest BCUT2D eigenvalue weighted by molar-refractivity contribution is 5.29. The van der Waals surface area contributed by atoms with Gasteiger partial charge < -0.3 is 20.4 Å². The summed E-state index contributed by atoms with van der Waals surface area (Å²) in [5.74, 6) is 3.15. The first-order chi connectivity index (χ1) is 16.1. The van der Waals surface area contributed by atoms with Crippen molar-refractivity contribution in [3.63, 3.8) is 0 Å². The van der Waals surface area contributed by atoms with Crippen LogP contribution in [-0.2, 0) is 0 Å². The SMILES string of the molecule is C.OCC1CCCC(c2ccc(O)cc2)CC1.OCCC1CCCC(c2ccc(O)cc2)CC1. The third kappa shape index (κ3) is 8.96. The molecule has 4 N–H and O–H groups in total. The standard InChI is InChI=1S/C15H22O2.C14H20O2.CH4/c16-11-10-12-2-1-3-13(5-4-12)14-6-8-15(17)9-7-14;15-10-11-2-1-3-12(5-4-11)13-6-8-14(16)9-7-13;/h6-9,12-13,16-17H,1-5,10-11H2;6-9,11-12,15-16H,1-5,10H2;1H4. The molecule has 0 heterocycles. The van der Waals surface area contributed by atoms with Crippen molar-refractivity contribution < 1.29 is 20.4 Å². The molecule has 0 spiro atoms. The van der Waals surface area contributed by atoms with E-state index in [0.717, 1.165) is 25.7 Å². The second kappa shape index (κ2) is 15.1. The van der Waals surface area contributed by atoms with Gasteiger partial charge in [0.25, 0.3) is 0 Å². The van der Waals surface area contributed by atoms with E-state index in [1.165, 1.54) is 56.1 Å². The first kappa shape index (κ1) is 28.2. The number of aliphatic hydroxyl groups excluding tert-OH is 2. The topological polar surface area (TPSA) is 80.9 Å². The van der Waals surface area contributed by atoms with Gasteiger partial charge in [0.15, 0.2) is 0 Å². The van der Waals surface area contributed by atoms with Crippen molar-refractivity contribution in [2.75, 3.05) is 13.2 Å². The van der Waals surface area contributed by atoms with Crippen molar-refractivity contribution in [2.24, 2.45) is 11.8 Å². The highest BCUT2D eigenvalue weighted by Crippen LogP contribution is 2.36. The smallest absolute Gasteiger partial charge is 0.115 e. The van der Waals surface area contributed by atoms with Gasteiger partial charge >= 0.3 is 0 Å². The van der Waals surface area contributed by atoms with E-state index < -0.39 is 0 Å². The van der Waals surface area contributed by atoms with Gasteiger partial charge in [-0.15, -0.1) is 0 Å². The predicted octanol–water partition coefficient (Wildman–Crippen LogP) is 7.12. The van der Waals surface area contributed by atoms with Crippen LogP contribution in [0.15, 0.2) is 48.5 Å². The first-order valence-corrected chi connectivity index (χ1v) is 12.9. The second-order valence-electron chi connectivity index (χ2n) is 10.0. The number of aliphatic hydroxyl groups is 2. The van der Waals surface area contributed by atoms with Crippen LogP contribution >= 0.6 is 0 Å². The Morgan fingerprint density at radius 2 is 1.00 bits per heavy atom. The summed E-state index contributed by atoms with van der Waals surface area (Å²) >= 11 is 0. The maximum Gasteiger partial charge on any atom is 0.115 e. The zero-order chi connectivity index (χ0) is 23.5. The number of benzene rings is 2. The molecule has 34 heavy (non-hydrogen) atoms. The van der Waals surface area contributed by atoms with Crippen LogP contribution in [0, 0.1) is 11.8 Å². The Hall–Kier alpha value is -2.04. The largest absolute Gasteiger partial charge is 0.508 e. The highest BCUT2D eigenvalue weighted by Gasteiger charge is 2.20. The molecule has 4 unspecified atom stereocenters. The van der Waals surface area contributed by atoms with E-state index in [2.05, 4.69) is 0 Å². The summed E-state index contributed by atoms with van der Waals surface area (Å²) < 4.78 is 0. The Labute approximate surface area is 206 Å². The molecule has 2 aliphatic rings. The molecule has 2 saturated carbocycles. The van der Waals surface area contributed by atoms with Crippen LogP contribution in [0.1, 0.15) is 101 Å². The van der Waals surface area contributed by atoms with Gasteiger partial charge in [-0.05, 0) is 110 Å². The van der Waals surface area contributed by atoms with Crippen molar-refractivity contribution >= 4 is 0 Å².